The fourth-order valence-corrected chi connectivity index (χ4v) is 1.92. The molecule has 0 aliphatic rings. The van der Waals surface area contributed by atoms with Crippen LogP contribution in [0.15, 0.2) is 0 Å². The fourth-order valence-electron chi connectivity index (χ4n) is 1.92. The Labute approximate surface area is 75.6 Å². The Hall–Kier alpha value is -0.0800. The molecule has 0 saturated heterocycles. The molecule has 74 valence electrons. The van der Waals surface area contributed by atoms with Crippen LogP contribution in [0, 0.1) is 5.92 Å². The third kappa shape index (κ3) is 2.20. The molecule has 0 aromatic carbocycles. The van der Waals surface area contributed by atoms with E-state index in [1.807, 2.05) is 6.92 Å². The summed E-state index contributed by atoms with van der Waals surface area (Å²) in [7, 11) is 0. The second kappa shape index (κ2) is 4.83. The van der Waals surface area contributed by atoms with E-state index in [-0.39, 0.29) is 5.92 Å². The molecule has 0 aliphatic heterocycles. The second-order valence-corrected chi connectivity index (χ2v) is 3.53. The van der Waals surface area contributed by atoms with Crippen molar-refractivity contribution in [1.82, 2.24) is 0 Å². The van der Waals surface area contributed by atoms with Gasteiger partial charge in [-0.1, -0.05) is 33.6 Å². The molecule has 2 nitrogen and oxygen atoms in total. The quantitative estimate of drug-likeness (QED) is 0.668. The van der Waals surface area contributed by atoms with E-state index >= 15 is 0 Å². The Morgan fingerprint density at radius 3 is 1.67 bits per heavy atom. The molecule has 2 unspecified atom stereocenters. The molecule has 0 amide bonds. The number of aliphatic hydroxyl groups is 2. The smallest absolute Gasteiger partial charge is 0.0927 e. The molecule has 0 aliphatic carbocycles. The average molecular weight is 174 g/mol. The van der Waals surface area contributed by atoms with Crippen LogP contribution in [0.4, 0.5) is 0 Å². The van der Waals surface area contributed by atoms with Crippen LogP contribution in [0.3, 0.4) is 0 Å². The molecule has 2 N–H and O–H groups in total. The number of hydrogen-bond donors (Lipinski definition) is 2. The van der Waals surface area contributed by atoms with Crippen LogP contribution in [0.1, 0.15) is 47.0 Å². The monoisotopic (exact) mass is 174 g/mol. The molecular formula is C10H22O2. The zero-order valence-electron chi connectivity index (χ0n) is 8.67. The van der Waals surface area contributed by atoms with E-state index in [4.69, 9.17) is 0 Å². The molecule has 0 rings (SSSR count). The predicted octanol–water partition coefficient (Wildman–Crippen LogP) is 1.94. The molecule has 0 bridgehead atoms. The topological polar surface area (TPSA) is 40.5 Å². The Morgan fingerprint density at radius 1 is 1.17 bits per heavy atom. The van der Waals surface area contributed by atoms with Crippen molar-refractivity contribution in [2.45, 2.75) is 58.7 Å². The molecule has 0 spiro atoms. The summed E-state index contributed by atoms with van der Waals surface area (Å²) in [6, 6.07) is 0. The third-order valence-corrected chi connectivity index (χ3v) is 2.98. The minimum absolute atomic E-state index is 0.211. The van der Waals surface area contributed by atoms with Crippen molar-refractivity contribution in [3.63, 3.8) is 0 Å². The normalized spacial score (nSPS) is 19.2. The lowest BCUT2D eigenvalue weighted by Crippen LogP contribution is -2.46. The third-order valence-electron chi connectivity index (χ3n) is 2.98. The lowest BCUT2D eigenvalue weighted by atomic mass is 9.78. The van der Waals surface area contributed by atoms with E-state index in [1.54, 1.807) is 6.92 Å². The standard InChI is InChI=1S/C10H22O2/c1-5-9(6-2)10(12,7-3)8(4)11/h8-9,11-12H,5-7H2,1-4H3. The van der Waals surface area contributed by atoms with Crippen LogP contribution in [0.5, 0.6) is 0 Å². The SMILES string of the molecule is CCC(CC)C(O)(CC)C(C)O. The van der Waals surface area contributed by atoms with Crippen LogP contribution < -0.4 is 0 Å². The van der Waals surface area contributed by atoms with Gasteiger partial charge in [0.1, 0.15) is 0 Å². The summed E-state index contributed by atoms with van der Waals surface area (Å²) in [4.78, 5) is 0. The highest BCUT2D eigenvalue weighted by Crippen LogP contribution is 2.30. The summed E-state index contributed by atoms with van der Waals surface area (Å²) in [5, 5.41) is 19.6. The summed E-state index contributed by atoms with van der Waals surface area (Å²) in [6.45, 7) is 7.70. The molecule has 0 aromatic rings. The molecule has 2 heteroatoms. The maximum Gasteiger partial charge on any atom is 0.0927 e. The number of hydrogen-bond acceptors (Lipinski definition) is 2. The Balaban J connectivity index is 4.47. The maximum atomic E-state index is 10.1. The highest BCUT2D eigenvalue weighted by atomic mass is 16.3. The molecular weight excluding hydrogens is 152 g/mol. The van der Waals surface area contributed by atoms with Gasteiger partial charge in [-0.3, -0.25) is 0 Å². The summed E-state index contributed by atoms with van der Waals surface area (Å²) in [5.41, 5.74) is -0.885. The Morgan fingerprint density at radius 2 is 1.58 bits per heavy atom. The Bertz CT molecular complexity index is 119. The van der Waals surface area contributed by atoms with E-state index in [0.29, 0.717) is 6.42 Å². The number of rotatable bonds is 5. The largest absolute Gasteiger partial charge is 0.390 e. The summed E-state index contributed by atoms with van der Waals surface area (Å²) in [5.74, 6) is 0.211. The van der Waals surface area contributed by atoms with Gasteiger partial charge in [-0.25, -0.2) is 0 Å². The van der Waals surface area contributed by atoms with Gasteiger partial charge in [-0.15, -0.1) is 0 Å². The summed E-state index contributed by atoms with van der Waals surface area (Å²) >= 11 is 0. The first-order valence-electron chi connectivity index (χ1n) is 4.93. The van der Waals surface area contributed by atoms with E-state index in [2.05, 4.69) is 13.8 Å². The van der Waals surface area contributed by atoms with Crippen LogP contribution in [-0.4, -0.2) is 21.9 Å². The van der Waals surface area contributed by atoms with Gasteiger partial charge in [-0.2, -0.15) is 0 Å². The maximum absolute atomic E-state index is 10.1. The van der Waals surface area contributed by atoms with Crippen LogP contribution >= 0.6 is 0 Å². The van der Waals surface area contributed by atoms with Crippen molar-refractivity contribution >= 4 is 0 Å². The molecule has 0 heterocycles. The zero-order chi connectivity index (χ0) is 9.78. The van der Waals surface area contributed by atoms with Gasteiger partial charge < -0.3 is 10.2 Å². The predicted molar refractivity (Wildman–Crippen MR) is 51.0 cm³/mol. The van der Waals surface area contributed by atoms with Crippen molar-refractivity contribution in [2.75, 3.05) is 0 Å². The minimum Gasteiger partial charge on any atom is -0.390 e. The molecule has 12 heavy (non-hydrogen) atoms. The fraction of sp³-hybridized carbons (Fsp3) is 1.00. The van der Waals surface area contributed by atoms with Gasteiger partial charge >= 0.3 is 0 Å². The zero-order valence-corrected chi connectivity index (χ0v) is 8.67. The molecule has 0 radical (unpaired) electrons. The summed E-state index contributed by atoms with van der Waals surface area (Å²) < 4.78 is 0. The molecule has 0 saturated carbocycles. The van der Waals surface area contributed by atoms with Crippen molar-refractivity contribution in [2.24, 2.45) is 5.92 Å². The van der Waals surface area contributed by atoms with Gasteiger partial charge in [0.2, 0.25) is 0 Å². The van der Waals surface area contributed by atoms with Crippen molar-refractivity contribution in [1.29, 1.82) is 0 Å². The first-order chi connectivity index (χ1) is 5.52. The van der Waals surface area contributed by atoms with Gasteiger partial charge in [0, 0.05) is 0 Å². The highest BCUT2D eigenvalue weighted by Gasteiger charge is 2.37. The lowest BCUT2D eigenvalue weighted by molar-refractivity contribution is -0.111. The van der Waals surface area contributed by atoms with Gasteiger partial charge in [0.05, 0.1) is 11.7 Å². The molecule has 0 fully saturated rings. The van der Waals surface area contributed by atoms with E-state index in [0.717, 1.165) is 12.8 Å². The van der Waals surface area contributed by atoms with Crippen molar-refractivity contribution in [3.05, 3.63) is 0 Å². The van der Waals surface area contributed by atoms with E-state index < -0.39 is 11.7 Å². The number of aliphatic hydroxyl groups excluding tert-OH is 1. The van der Waals surface area contributed by atoms with E-state index in [9.17, 15) is 10.2 Å². The first-order valence-corrected chi connectivity index (χ1v) is 4.93. The average Bonchev–Trinajstić information content (AvgIpc) is 2.05. The van der Waals surface area contributed by atoms with Crippen molar-refractivity contribution in [3.8, 4) is 0 Å². The van der Waals surface area contributed by atoms with Gasteiger partial charge in [0.25, 0.3) is 0 Å². The molecule has 2 atom stereocenters. The van der Waals surface area contributed by atoms with Crippen molar-refractivity contribution < 1.29 is 10.2 Å². The Kier molecular flexibility index (Phi) is 4.80. The minimum atomic E-state index is -0.885. The van der Waals surface area contributed by atoms with Crippen LogP contribution in [-0.2, 0) is 0 Å². The van der Waals surface area contributed by atoms with Crippen LogP contribution in [0.25, 0.3) is 0 Å². The van der Waals surface area contributed by atoms with Crippen LogP contribution in [0.2, 0.25) is 0 Å². The molecule has 0 aromatic heterocycles. The lowest BCUT2D eigenvalue weighted by Gasteiger charge is -2.37. The van der Waals surface area contributed by atoms with E-state index in [1.165, 1.54) is 0 Å². The first kappa shape index (κ1) is 11.9. The highest BCUT2D eigenvalue weighted by molar-refractivity contribution is 4.88. The van der Waals surface area contributed by atoms with Gasteiger partial charge in [0.15, 0.2) is 0 Å². The second-order valence-electron chi connectivity index (χ2n) is 3.53. The van der Waals surface area contributed by atoms with Gasteiger partial charge in [-0.05, 0) is 19.3 Å². The summed E-state index contributed by atoms with van der Waals surface area (Å²) in [6.07, 6.45) is 1.83.